The number of hydrogen-bond acceptors (Lipinski definition) is 2. The Balaban J connectivity index is 5.22. The van der Waals surface area contributed by atoms with Crippen LogP contribution < -0.4 is 0 Å². The highest BCUT2D eigenvalue weighted by Crippen LogP contribution is 2.49. The van der Waals surface area contributed by atoms with Gasteiger partial charge in [-0.3, -0.25) is 0 Å². The Bertz CT molecular complexity index is 296. The second kappa shape index (κ2) is 5.53. The molecule has 0 aromatic carbocycles. The molecule has 0 rings (SSSR count). The van der Waals surface area contributed by atoms with E-state index in [0.29, 0.717) is 0 Å². The molecule has 0 fully saturated rings. The van der Waals surface area contributed by atoms with Crippen molar-refractivity contribution in [1.82, 2.24) is 0 Å². The fraction of sp³-hybridized carbons (Fsp3) is 1.00. The summed E-state index contributed by atoms with van der Waals surface area (Å²) in [6.07, 6.45) is -17.3. The van der Waals surface area contributed by atoms with Crippen LogP contribution in [0.5, 0.6) is 0 Å². The molecule has 0 atom stereocenters. The fourth-order valence-corrected chi connectivity index (χ4v) is 2.04. The average Bonchev–Trinajstić information content (AvgIpc) is 1.95. The lowest BCUT2D eigenvalue weighted by molar-refractivity contribution is -0.440. The summed E-state index contributed by atoms with van der Waals surface area (Å²) in [4.78, 5) is 0. The highest BCUT2D eigenvalue weighted by molar-refractivity contribution is 7.62. The molecular weight excluding hydrogens is 352 g/mol. The zero-order valence-corrected chi connectivity index (χ0v) is 12.1. The second-order valence-corrected chi connectivity index (χ2v) is 10.9. The van der Waals surface area contributed by atoms with Crippen molar-refractivity contribution in [3.8, 4) is 0 Å². The van der Waals surface area contributed by atoms with Crippen LogP contribution in [0.15, 0.2) is 0 Å². The summed E-state index contributed by atoms with van der Waals surface area (Å²) in [5, 5.41) is 0. The first kappa shape index (κ1) is 18.6. The molecule has 18 heavy (non-hydrogen) atoms. The molecule has 0 aromatic heterocycles. The first-order valence-electron chi connectivity index (χ1n) is 4.20. The van der Waals surface area contributed by atoms with Crippen LogP contribution >= 0.6 is 33.2 Å². The molecule has 0 spiro atoms. The van der Waals surface area contributed by atoms with Crippen molar-refractivity contribution in [2.45, 2.75) is 38.1 Å². The molecule has 0 heterocycles. The van der Waals surface area contributed by atoms with Gasteiger partial charge in [-0.25, -0.2) is 0 Å². The molecule has 0 aliphatic rings. The Kier molecular flexibility index (Phi) is 5.71. The number of alkyl halides is 6. The van der Waals surface area contributed by atoms with E-state index >= 15 is 0 Å². The number of hydrogen-bond donors (Lipinski definition) is 0. The maximum absolute atomic E-state index is 13.0. The first-order chi connectivity index (χ1) is 7.62. The highest BCUT2D eigenvalue weighted by Gasteiger charge is 2.76. The molecule has 110 valence electrons. The van der Waals surface area contributed by atoms with Crippen molar-refractivity contribution in [1.29, 1.82) is 0 Å². The van der Waals surface area contributed by atoms with Crippen LogP contribution in [-0.4, -0.2) is 30.5 Å². The first-order valence-corrected chi connectivity index (χ1v) is 9.15. The van der Waals surface area contributed by atoms with Crippen molar-refractivity contribution in [2.24, 2.45) is 0 Å². The summed E-state index contributed by atoms with van der Waals surface area (Å²) in [6, 6.07) is 0. The van der Waals surface area contributed by atoms with E-state index in [-0.39, 0.29) is 0 Å². The minimum Gasteiger partial charge on any atom is -0.316 e. The number of halogens is 9. The summed E-state index contributed by atoms with van der Waals surface area (Å²) in [5.74, 6) is -6.00. The van der Waals surface area contributed by atoms with Gasteiger partial charge in [0.1, 0.15) is 0 Å². The van der Waals surface area contributed by atoms with Crippen LogP contribution in [0, 0.1) is 0 Å². The predicted octanol–water partition coefficient (Wildman–Crippen LogP) is 4.40. The summed E-state index contributed by atoms with van der Waals surface area (Å²) in [7, 11) is 0. The smallest absolute Gasteiger partial charge is 0.316 e. The third-order valence-corrected chi connectivity index (χ3v) is 2.54. The molecule has 0 saturated heterocycles. The Labute approximate surface area is 113 Å². The fourth-order valence-electron chi connectivity index (χ4n) is 0.749. The van der Waals surface area contributed by atoms with Gasteiger partial charge in [0.2, 0.25) is 0 Å². The molecule has 0 radical (unpaired) electrons. The van der Waals surface area contributed by atoms with Crippen LogP contribution in [0.4, 0.5) is 26.3 Å². The summed E-state index contributed by atoms with van der Waals surface area (Å²) < 4.78 is 84.1. The Hall–Kier alpha value is 0.587. The molecule has 0 aliphatic carbocycles. The van der Waals surface area contributed by atoms with Crippen LogP contribution in [-0.2, 0) is 9.16 Å². The lowest BCUT2D eigenvalue weighted by Gasteiger charge is -2.33. The van der Waals surface area contributed by atoms with Crippen molar-refractivity contribution in [3.05, 3.63) is 0 Å². The van der Waals surface area contributed by atoms with E-state index in [9.17, 15) is 26.3 Å². The van der Waals surface area contributed by atoms with Gasteiger partial charge in [0, 0.05) is 0 Å². The third kappa shape index (κ3) is 4.60. The van der Waals surface area contributed by atoms with Crippen LogP contribution in [0.25, 0.3) is 0 Å². The zero-order chi connectivity index (χ0) is 15.0. The quantitative estimate of drug-likeness (QED) is 0.397. The topological polar surface area (TPSA) is 18.5 Å². The number of ether oxygens (including phenoxy) is 1. The van der Waals surface area contributed by atoms with Gasteiger partial charge in [-0.15, -0.1) is 0 Å². The summed E-state index contributed by atoms with van der Waals surface area (Å²) in [6.45, 7) is 1.90. The van der Waals surface area contributed by atoms with Crippen LogP contribution in [0.3, 0.4) is 0 Å². The van der Waals surface area contributed by atoms with Gasteiger partial charge >= 0.3 is 24.4 Å². The average molecular weight is 360 g/mol. The van der Waals surface area contributed by atoms with Crippen molar-refractivity contribution in [3.63, 3.8) is 0 Å². The molecule has 0 bridgehead atoms. The molecule has 0 aromatic rings. The van der Waals surface area contributed by atoms with Gasteiger partial charge in [0.25, 0.3) is 0 Å². The van der Waals surface area contributed by atoms with Crippen LogP contribution in [0.2, 0.25) is 0 Å². The largest absolute Gasteiger partial charge is 0.498 e. The van der Waals surface area contributed by atoms with Gasteiger partial charge in [-0.05, 0) is 13.8 Å². The van der Waals surface area contributed by atoms with E-state index in [1.54, 1.807) is 0 Å². The summed E-state index contributed by atoms with van der Waals surface area (Å²) in [5.41, 5.74) is 0. The van der Waals surface area contributed by atoms with E-state index in [1.165, 1.54) is 0 Å². The third-order valence-electron chi connectivity index (χ3n) is 1.36. The number of rotatable bonds is 6. The maximum Gasteiger partial charge on any atom is 0.498 e. The van der Waals surface area contributed by atoms with Crippen LogP contribution in [0.1, 0.15) is 13.8 Å². The molecular formula is C6H7Cl3F6O2Si. The molecule has 0 N–H and O–H groups in total. The van der Waals surface area contributed by atoms with E-state index in [2.05, 4.69) is 9.16 Å². The second-order valence-electron chi connectivity index (χ2n) is 3.32. The minimum atomic E-state index is -6.00. The normalized spacial score (nSPS) is 15.3. The lowest BCUT2D eigenvalue weighted by atomic mass is 10.3. The molecule has 0 amide bonds. The van der Waals surface area contributed by atoms with Crippen molar-refractivity contribution >= 4 is 39.5 Å². The monoisotopic (exact) mass is 358 g/mol. The zero-order valence-electron chi connectivity index (χ0n) is 8.80. The van der Waals surface area contributed by atoms with E-state index in [4.69, 9.17) is 33.2 Å². The van der Waals surface area contributed by atoms with Gasteiger partial charge in [-0.2, -0.15) is 26.3 Å². The van der Waals surface area contributed by atoms with E-state index in [1.807, 2.05) is 0 Å². The van der Waals surface area contributed by atoms with Gasteiger partial charge < -0.3 is 9.16 Å². The summed E-state index contributed by atoms with van der Waals surface area (Å²) >= 11 is 14.5. The Morgan fingerprint density at radius 3 is 1.56 bits per heavy atom. The standard InChI is InChI=1S/C6H7Cl3F6O2Si/c1-3(2)16-5(12,13)4(10,11)6(14,15)17-18(7,8)9/h3H,1-2H3. The van der Waals surface area contributed by atoms with Crippen molar-refractivity contribution in [2.75, 3.05) is 0 Å². The Morgan fingerprint density at radius 2 is 1.28 bits per heavy atom. The molecule has 0 unspecified atom stereocenters. The predicted molar refractivity (Wildman–Crippen MR) is 55.5 cm³/mol. The molecule has 2 nitrogen and oxygen atoms in total. The van der Waals surface area contributed by atoms with E-state index < -0.39 is 30.5 Å². The Morgan fingerprint density at radius 1 is 0.889 bits per heavy atom. The maximum atomic E-state index is 13.0. The SMILES string of the molecule is CC(C)OC(F)(F)C(F)(F)C(F)(F)O[Si](Cl)(Cl)Cl. The molecule has 0 aliphatic heterocycles. The molecule has 12 heteroatoms. The van der Waals surface area contributed by atoms with Crippen molar-refractivity contribution < 1.29 is 35.5 Å². The van der Waals surface area contributed by atoms with Gasteiger partial charge in [-0.1, -0.05) is 33.2 Å². The highest BCUT2D eigenvalue weighted by atomic mass is 35.8. The van der Waals surface area contributed by atoms with Gasteiger partial charge in [0.15, 0.2) is 0 Å². The minimum absolute atomic E-state index is 0.951. The van der Waals surface area contributed by atoms with Gasteiger partial charge in [0.05, 0.1) is 6.10 Å². The lowest BCUT2D eigenvalue weighted by Crippen LogP contribution is -2.58. The van der Waals surface area contributed by atoms with E-state index in [0.717, 1.165) is 13.8 Å². The molecule has 0 saturated carbocycles.